The van der Waals surface area contributed by atoms with Crippen LogP contribution in [0.5, 0.6) is 5.75 Å². The molecular formula is C19H14N2O. The number of phenolic OH excluding ortho intramolecular Hbond substituents is 1. The van der Waals surface area contributed by atoms with E-state index < -0.39 is 0 Å². The summed E-state index contributed by atoms with van der Waals surface area (Å²) in [7, 11) is 0. The predicted octanol–water partition coefficient (Wildman–Crippen LogP) is 4.37. The quantitative estimate of drug-likeness (QED) is 0.594. The molecule has 0 amide bonds. The van der Waals surface area contributed by atoms with Crippen LogP contribution in [0.3, 0.4) is 0 Å². The van der Waals surface area contributed by atoms with Crippen molar-refractivity contribution in [3.8, 4) is 28.1 Å². The van der Waals surface area contributed by atoms with Crippen molar-refractivity contribution in [3.63, 3.8) is 0 Å². The van der Waals surface area contributed by atoms with E-state index in [2.05, 4.69) is 0 Å². The fourth-order valence-electron chi connectivity index (χ4n) is 2.67. The predicted molar refractivity (Wildman–Crippen MR) is 87.7 cm³/mol. The van der Waals surface area contributed by atoms with Gasteiger partial charge in [0.15, 0.2) is 0 Å². The van der Waals surface area contributed by atoms with Crippen LogP contribution in [-0.4, -0.2) is 14.5 Å². The van der Waals surface area contributed by atoms with Crippen molar-refractivity contribution in [1.82, 2.24) is 9.38 Å². The fourth-order valence-corrected chi connectivity index (χ4v) is 2.67. The van der Waals surface area contributed by atoms with Gasteiger partial charge in [0, 0.05) is 29.1 Å². The maximum Gasteiger partial charge on any atom is 0.145 e. The highest BCUT2D eigenvalue weighted by atomic mass is 16.3. The van der Waals surface area contributed by atoms with Crippen molar-refractivity contribution in [2.75, 3.05) is 0 Å². The Balaban J connectivity index is 1.95. The SMILES string of the molecule is Oc1ccccc1-c1cccn2cc(-c3ccccc3)nc12. The fraction of sp³-hybridized carbons (Fsp3) is 0. The maximum absolute atomic E-state index is 10.1. The van der Waals surface area contributed by atoms with Gasteiger partial charge in [-0.3, -0.25) is 0 Å². The Kier molecular flexibility index (Phi) is 2.90. The van der Waals surface area contributed by atoms with Gasteiger partial charge in [-0.1, -0.05) is 48.5 Å². The van der Waals surface area contributed by atoms with E-state index in [1.54, 1.807) is 6.07 Å². The molecule has 2 heterocycles. The van der Waals surface area contributed by atoms with Gasteiger partial charge in [0.1, 0.15) is 11.4 Å². The Morgan fingerprint density at radius 2 is 1.50 bits per heavy atom. The van der Waals surface area contributed by atoms with Gasteiger partial charge in [-0.2, -0.15) is 0 Å². The third-order valence-corrected chi connectivity index (χ3v) is 3.75. The number of aromatic nitrogens is 2. The van der Waals surface area contributed by atoms with Crippen LogP contribution < -0.4 is 0 Å². The minimum Gasteiger partial charge on any atom is -0.507 e. The summed E-state index contributed by atoms with van der Waals surface area (Å²) in [6.07, 6.45) is 3.98. The smallest absolute Gasteiger partial charge is 0.145 e. The Bertz CT molecular complexity index is 942. The second-order valence-electron chi connectivity index (χ2n) is 5.16. The first-order valence-electron chi connectivity index (χ1n) is 7.14. The van der Waals surface area contributed by atoms with Crippen molar-refractivity contribution in [3.05, 3.63) is 79.1 Å². The second kappa shape index (κ2) is 5.04. The number of phenols is 1. The van der Waals surface area contributed by atoms with Crippen LogP contribution in [0.15, 0.2) is 79.1 Å². The van der Waals surface area contributed by atoms with Crippen LogP contribution in [0.2, 0.25) is 0 Å². The monoisotopic (exact) mass is 286 g/mol. The van der Waals surface area contributed by atoms with Crippen LogP contribution in [0.4, 0.5) is 0 Å². The molecule has 0 aliphatic heterocycles. The largest absolute Gasteiger partial charge is 0.507 e. The maximum atomic E-state index is 10.1. The lowest BCUT2D eigenvalue weighted by molar-refractivity contribution is 0.477. The Morgan fingerprint density at radius 1 is 0.773 bits per heavy atom. The number of hydrogen-bond donors (Lipinski definition) is 1. The molecule has 1 N–H and O–H groups in total. The Labute approximate surface area is 128 Å². The number of hydrogen-bond acceptors (Lipinski definition) is 2. The number of fused-ring (bicyclic) bond motifs is 1. The Morgan fingerprint density at radius 3 is 2.32 bits per heavy atom. The van der Waals surface area contributed by atoms with Crippen LogP contribution in [0.25, 0.3) is 28.0 Å². The third kappa shape index (κ3) is 2.04. The van der Waals surface area contributed by atoms with Crippen LogP contribution in [0, 0.1) is 0 Å². The molecule has 3 nitrogen and oxygen atoms in total. The first kappa shape index (κ1) is 12.7. The normalized spacial score (nSPS) is 10.9. The Hall–Kier alpha value is -3.07. The summed E-state index contributed by atoms with van der Waals surface area (Å²) >= 11 is 0. The first-order valence-corrected chi connectivity index (χ1v) is 7.14. The molecule has 2 aromatic carbocycles. The lowest BCUT2D eigenvalue weighted by Gasteiger charge is -2.05. The molecule has 0 saturated heterocycles. The molecule has 0 aliphatic rings. The molecule has 0 atom stereocenters. The van der Waals surface area contributed by atoms with E-state index in [1.165, 1.54) is 0 Å². The number of imidazole rings is 1. The minimum absolute atomic E-state index is 0.264. The minimum atomic E-state index is 0.264. The molecule has 4 aromatic rings. The second-order valence-corrected chi connectivity index (χ2v) is 5.16. The molecule has 0 radical (unpaired) electrons. The van der Waals surface area contributed by atoms with Gasteiger partial charge in [0.05, 0.1) is 5.69 Å². The molecule has 0 fully saturated rings. The molecule has 0 aliphatic carbocycles. The molecular weight excluding hydrogens is 272 g/mol. The zero-order valence-electron chi connectivity index (χ0n) is 11.8. The molecule has 22 heavy (non-hydrogen) atoms. The number of aromatic hydroxyl groups is 1. The summed E-state index contributed by atoms with van der Waals surface area (Å²) in [5.74, 6) is 0.264. The van der Waals surface area contributed by atoms with Gasteiger partial charge in [0.25, 0.3) is 0 Å². The van der Waals surface area contributed by atoms with Gasteiger partial charge < -0.3 is 9.51 Å². The lowest BCUT2D eigenvalue weighted by atomic mass is 10.1. The van der Waals surface area contributed by atoms with Gasteiger partial charge >= 0.3 is 0 Å². The molecule has 2 aromatic heterocycles. The summed E-state index contributed by atoms with van der Waals surface area (Å²) in [5.41, 5.74) is 4.54. The molecule has 0 unspecified atom stereocenters. The zero-order chi connectivity index (χ0) is 14.9. The van der Waals surface area contributed by atoms with Crippen LogP contribution >= 0.6 is 0 Å². The highest BCUT2D eigenvalue weighted by Gasteiger charge is 2.11. The summed E-state index contributed by atoms with van der Waals surface area (Å²) in [4.78, 5) is 4.75. The van der Waals surface area contributed by atoms with E-state index >= 15 is 0 Å². The van der Waals surface area contributed by atoms with Crippen molar-refractivity contribution in [2.45, 2.75) is 0 Å². The first-order chi connectivity index (χ1) is 10.8. The molecule has 0 saturated carbocycles. The standard InChI is InChI=1S/C19H14N2O/c22-18-11-5-4-9-15(18)16-10-6-12-21-13-17(20-19(16)21)14-7-2-1-3-8-14/h1-13,22H. The topological polar surface area (TPSA) is 37.5 Å². The van der Waals surface area contributed by atoms with E-state index in [9.17, 15) is 5.11 Å². The summed E-state index contributed by atoms with van der Waals surface area (Å²) in [6, 6.07) is 21.4. The number of pyridine rings is 1. The van der Waals surface area contributed by atoms with Gasteiger partial charge in [-0.05, 0) is 18.2 Å². The number of para-hydroxylation sites is 1. The summed E-state index contributed by atoms with van der Waals surface area (Å²) in [5, 5.41) is 10.1. The van der Waals surface area contributed by atoms with Crippen molar-refractivity contribution in [2.24, 2.45) is 0 Å². The van der Waals surface area contributed by atoms with E-state index in [4.69, 9.17) is 4.98 Å². The average molecular weight is 286 g/mol. The van der Waals surface area contributed by atoms with Crippen LogP contribution in [0.1, 0.15) is 0 Å². The number of nitrogens with zero attached hydrogens (tertiary/aromatic N) is 2. The van der Waals surface area contributed by atoms with Crippen LogP contribution in [-0.2, 0) is 0 Å². The van der Waals surface area contributed by atoms with Gasteiger partial charge in [0.2, 0.25) is 0 Å². The van der Waals surface area contributed by atoms with Gasteiger partial charge in [-0.15, -0.1) is 0 Å². The summed E-state index contributed by atoms with van der Waals surface area (Å²) < 4.78 is 1.99. The van der Waals surface area contributed by atoms with Gasteiger partial charge in [-0.25, -0.2) is 4.98 Å². The van der Waals surface area contributed by atoms with Crippen molar-refractivity contribution < 1.29 is 5.11 Å². The number of rotatable bonds is 2. The molecule has 3 heteroatoms. The highest BCUT2D eigenvalue weighted by molar-refractivity contribution is 5.82. The van der Waals surface area contributed by atoms with E-state index in [-0.39, 0.29) is 5.75 Å². The highest BCUT2D eigenvalue weighted by Crippen LogP contribution is 2.32. The number of benzene rings is 2. The average Bonchev–Trinajstić information content (AvgIpc) is 3.00. The molecule has 106 valence electrons. The molecule has 0 bridgehead atoms. The summed E-state index contributed by atoms with van der Waals surface area (Å²) in [6.45, 7) is 0. The third-order valence-electron chi connectivity index (χ3n) is 3.75. The molecule has 0 spiro atoms. The van der Waals surface area contributed by atoms with E-state index in [0.29, 0.717) is 0 Å². The molecule has 4 rings (SSSR count). The van der Waals surface area contributed by atoms with Crippen molar-refractivity contribution in [1.29, 1.82) is 0 Å². The zero-order valence-corrected chi connectivity index (χ0v) is 11.8. The van der Waals surface area contributed by atoms with E-state index in [0.717, 1.165) is 28.0 Å². The van der Waals surface area contributed by atoms with E-state index in [1.807, 2.05) is 77.5 Å². The van der Waals surface area contributed by atoms with Crippen molar-refractivity contribution >= 4 is 5.65 Å². The lowest BCUT2D eigenvalue weighted by Crippen LogP contribution is -1.87.